The third-order valence-electron chi connectivity index (χ3n) is 3.54. The second-order valence-corrected chi connectivity index (χ2v) is 5.33. The molecular weight excluding hydrogens is 436 g/mol. The van der Waals surface area contributed by atoms with Gasteiger partial charge in [0.05, 0.1) is 6.54 Å². The molecule has 0 amide bonds. The standard InChI is InChI=1S/C14H21F3N6.HI/c15-14(16,17)11-5-6-20-13(22-11)21-8-7-19-12(18)23-9-3-1-2-4-10-23;/h5-6H,1-4,7-10H2,(H2,18,19)(H,20,21,22);1H. The minimum atomic E-state index is -4.48. The minimum Gasteiger partial charge on any atom is -0.370 e. The average molecular weight is 458 g/mol. The maximum Gasteiger partial charge on any atom is 0.433 e. The van der Waals surface area contributed by atoms with E-state index in [2.05, 4.69) is 20.3 Å². The number of guanidine groups is 1. The van der Waals surface area contributed by atoms with Gasteiger partial charge in [0.2, 0.25) is 5.95 Å². The Morgan fingerprint density at radius 3 is 2.54 bits per heavy atom. The van der Waals surface area contributed by atoms with E-state index in [1.807, 2.05) is 4.90 Å². The molecule has 0 radical (unpaired) electrons. The highest BCUT2D eigenvalue weighted by atomic mass is 127. The van der Waals surface area contributed by atoms with Gasteiger partial charge in [-0.2, -0.15) is 13.2 Å². The quantitative estimate of drug-likeness (QED) is 0.314. The normalized spacial score (nSPS) is 16.3. The van der Waals surface area contributed by atoms with E-state index >= 15 is 0 Å². The van der Waals surface area contributed by atoms with Crippen molar-refractivity contribution in [2.24, 2.45) is 10.7 Å². The van der Waals surface area contributed by atoms with Gasteiger partial charge in [-0.3, -0.25) is 4.99 Å². The largest absolute Gasteiger partial charge is 0.433 e. The fourth-order valence-electron chi connectivity index (χ4n) is 2.34. The van der Waals surface area contributed by atoms with E-state index in [1.165, 1.54) is 12.8 Å². The van der Waals surface area contributed by atoms with E-state index in [9.17, 15) is 13.2 Å². The second-order valence-electron chi connectivity index (χ2n) is 5.33. The molecule has 10 heteroatoms. The number of halogens is 4. The molecule has 24 heavy (non-hydrogen) atoms. The van der Waals surface area contributed by atoms with Gasteiger partial charge in [-0.05, 0) is 18.9 Å². The number of aromatic nitrogens is 2. The van der Waals surface area contributed by atoms with Crippen molar-refractivity contribution in [2.75, 3.05) is 31.5 Å². The van der Waals surface area contributed by atoms with Gasteiger partial charge in [-0.15, -0.1) is 24.0 Å². The van der Waals surface area contributed by atoms with Crippen LogP contribution in [0.25, 0.3) is 0 Å². The molecule has 1 saturated heterocycles. The third-order valence-corrected chi connectivity index (χ3v) is 3.54. The Balaban J connectivity index is 0.00000288. The summed E-state index contributed by atoms with van der Waals surface area (Å²) in [5.41, 5.74) is 4.98. The van der Waals surface area contributed by atoms with Crippen molar-refractivity contribution in [3.05, 3.63) is 18.0 Å². The molecule has 1 fully saturated rings. The summed E-state index contributed by atoms with van der Waals surface area (Å²) in [6, 6.07) is 0.834. The Labute approximate surface area is 156 Å². The highest BCUT2D eigenvalue weighted by Crippen LogP contribution is 2.27. The topological polar surface area (TPSA) is 79.4 Å². The molecule has 1 aromatic rings. The maximum absolute atomic E-state index is 12.5. The third kappa shape index (κ3) is 6.65. The molecule has 0 unspecified atom stereocenters. The number of alkyl halides is 3. The van der Waals surface area contributed by atoms with Gasteiger partial charge in [-0.25, -0.2) is 9.97 Å². The number of nitrogens with zero attached hydrogens (tertiary/aromatic N) is 4. The summed E-state index contributed by atoms with van der Waals surface area (Å²) in [6.07, 6.45) is 1.22. The van der Waals surface area contributed by atoms with Crippen LogP contribution >= 0.6 is 24.0 Å². The van der Waals surface area contributed by atoms with Crippen LogP contribution in [0.1, 0.15) is 31.4 Å². The van der Waals surface area contributed by atoms with Gasteiger partial charge in [0, 0.05) is 25.8 Å². The number of likely N-dealkylation sites (tertiary alicyclic amines) is 1. The van der Waals surface area contributed by atoms with Crippen molar-refractivity contribution in [3.8, 4) is 0 Å². The molecular formula is C14H22F3IN6. The van der Waals surface area contributed by atoms with Crippen LogP contribution in [0, 0.1) is 0 Å². The van der Waals surface area contributed by atoms with Crippen molar-refractivity contribution in [1.29, 1.82) is 0 Å². The first-order valence-corrected chi connectivity index (χ1v) is 7.66. The first kappa shape index (κ1) is 20.7. The monoisotopic (exact) mass is 458 g/mol. The van der Waals surface area contributed by atoms with Gasteiger partial charge in [0.25, 0.3) is 0 Å². The summed E-state index contributed by atoms with van der Waals surface area (Å²) in [7, 11) is 0. The van der Waals surface area contributed by atoms with Gasteiger partial charge < -0.3 is 16.0 Å². The zero-order chi connectivity index (χ0) is 16.7. The van der Waals surface area contributed by atoms with Gasteiger partial charge in [-0.1, -0.05) is 12.8 Å². The summed E-state index contributed by atoms with van der Waals surface area (Å²) in [6.45, 7) is 2.47. The molecule has 0 saturated carbocycles. The highest BCUT2D eigenvalue weighted by Gasteiger charge is 2.32. The van der Waals surface area contributed by atoms with E-state index in [-0.39, 0.29) is 29.9 Å². The zero-order valence-corrected chi connectivity index (χ0v) is 15.6. The Morgan fingerprint density at radius 2 is 1.92 bits per heavy atom. The maximum atomic E-state index is 12.5. The summed E-state index contributed by atoms with van der Waals surface area (Å²) in [5.74, 6) is 0.419. The molecule has 1 aliphatic rings. The molecule has 0 atom stereocenters. The fourth-order valence-corrected chi connectivity index (χ4v) is 2.34. The Kier molecular flexibility index (Phi) is 8.50. The predicted molar refractivity (Wildman–Crippen MR) is 97.5 cm³/mol. The molecule has 3 N–H and O–H groups in total. The molecule has 1 aromatic heterocycles. The number of aliphatic imine (C=N–C) groups is 1. The number of nitrogens with one attached hydrogen (secondary N) is 1. The lowest BCUT2D eigenvalue weighted by atomic mass is 10.2. The molecule has 2 rings (SSSR count). The van der Waals surface area contributed by atoms with Crippen LogP contribution < -0.4 is 11.1 Å². The van der Waals surface area contributed by atoms with E-state index in [4.69, 9.17) is 5.73 Å². The average Bonchev–Trinajstić information content (AvgIpc) is 2.80. The number of rotatable bonds is 4. The highest BCUT2D eigenvalue weighted by molar-refractivity contribution is 14.0. The summed E-state index contributed by atoms with van der Waals surface area (Å²) < 4.78 is 37.6. The number of hydrogen-bond acceptors (Lipinski definition) is 4. The lowest BCUT2D eigenvalue weighted by molar-refractivity contribution is -0.141. The van der Waals surface area contributed by atoms with Crippen molar-refractivity contribution in [3.63, 3.8) is 0 Å². The summed E-state index contributed by atoms with van der Waals surface area (Å²) in [5, 5.41) is 2.72. The van der Waals surface area contributed by atoms with E-state index < -0.39 is 11.9 Å². The molecule has 2 heterocycles. The van der Waals surface area contributed by atoms with E-state index in [0.717, 1.165) is 38.2 Å². The van der Waals surface area contributed by atoms with E-state index in [1.54, 1.807) is 0 Å². The fraction of sp³-hybridized carbons (Fsp3) is 0.643. The number of nitrogens with two attached hydrogens (primary N) is 1. The lowest BCUT2D eigenvalue weighted by Crippen LogP contribution is -2.38. The van der Waals surface area contributed by atoms with Crippen LogP contribution in [0.4, 0.5) is 19.1 Å². The van der Waals surface area contributed by atoms with Crippen molar-refractivity contribution in [1.82, 2.24) is 14.9 Å². The lowest BCUT2D eigenvalue weighted by Gasteiger charge is -2.21. The van der Waals surface area contributed by atoms with Crippen LogP contribution in [0.3, 0.4) is 0 Å². The molecule has 0 bridgehead atoms. The molecule has 6 nitrogen and oxygen atoms in total. The van der Waals surface area contributed by atoms with Crippen molar-refractivity contribution in [2.45, 2.75) is 31.9 Å². The van der Waals surface area contributed by atoms with Crippen LogP contribution in [0.5, 0.6) is 0 Å². The second kappa shape index (κ2) is 9.84. The van der Waals surface area contributed by atoms with Crippen molar-refractivity contribution < 1.29 is 13.2 Å². The first-order valence-electron chi connectivity index (χ1n) is 7.66. The van der Waals surface area contributed by atoms with Crippen LogP contribution in [0.2, 0.25) is 0 Å². The van der Waals surface area contributed by atoms with Gasteiger partial charge >= 0.3 is 6.18 Å². The van der Waals surface area contributed by atoms with Crippen LogP contribution in [0.15, 0.2) is 17.3 Å². The SMILES string of the molecule is I.NC(=NCCNc1nccc(C(F)(F)F)n1)N1CCCCCC1. The zero-order valence-electron chi connectivity index (χ0n) is 13.2. The number of anilines is 1. The Morgan fingerprint density at radius 1 is 1.25 bits per heavy atom. The van der Waals surface area contributed by atoms with Gasteiger partial charge in [0.15, 0.2) is 5.96 Å². The van der Waals surface area contributed by atoms with E-state index in [0.29, 0.717) is 19.0 Å². The van der Waals surface area contributed by atoms with Crippen LogP contribution in [-0.4, -0.2) is 47.0 Å². The smallest absolute Gasteiger partial charge is 0.370 e. The molecule has 0 aliphatic carbocycles. The summed E-state index contributed by atoms with van der Waals surface area (Å²) >= 11 is 0. The summed E-state index contributed by atoms with van der Waals surface area (Å²) in [4.78, 5) is 13.5. The molecule has 0 spiro atoms. The first-order chi connectivity index (χ1) is 11.0. The number of hydrogen-bond donors (Lipinski definition) is 2. The van der Waals surface area contributed by atoms with Crippen LogP contribution in [-0.2, 0) is 6.18 Å². The molecule has 1 aliphatic heterocycles. The van der Waals surface area contributed by atoms with Gasteiger partial charge in [0.1, 0.15) is 5.69 Å². The molecule has 136 valence electrons. The minimum absolute atomic E-state index is 0. The predicted octanol–water partition coefficient (Wildman–Crippen LogP) is 2.72. The Bertz CT molecular complexity index is 529. The molecule has 0 aromatic carbocycles. The van der Waals surface area contributed by atoms with Crippen molar-refractivity contribution >= 4 is 35.9 Å². The Hall–Kier alpha value is -1.33.